The largest absolute Gasteiger partial charge is 0.337 e. The van der Waals surface area contributed by atoms with Crippen LogP contribution in [0.1, 0.15) is 34.3 Å². The molecular weight excluding hydrogens is 362 g/mol. The summed E-state index contributed by atoms with van der Waals surface area (Å²) in [7, 11) is 0. The van der Waals surface area contributed by atoms with Crippen LogP contribution in [0, 0.1) is 0 Å². The summed E-state index contributed by atoms with van der Waals surface area (Å²) in [6, 6.07) is 10.8. The molecule has 1 fully saturated rings. The van der Waals surface area contributed by atoms with E-state index in [4.69, 9.17) is 4.98 Å². The molecule has 134 valence electrons. The molecule has 2 aliphatic heterocycles. The Labute approximate surface area is 161 Å². The summed E-state index contributed by atoms with van der Waals surface area (Å²) in [5, 5.41) is 3.30. The Kier molecular flexibility index (Phi) is 4.27. The molecule has 2 aromatic heterocycles. The molecule has 0 spiro atoms. The van der Waals surface area contributed by atoms with Crippen molar-refractivity contribution in [3.05, 3.63) is 51.2 Å². The monoisotopic (exact) mass is 383 g/mol. The maximum absolute atomic E-state index is 12.9. The van der Waals surface area contributed by atoms with Crippen LogP contribution in [0.4, 0.5) is 0 Å². The lowest BCUT2D eigenvalue weighted by molar-refractivity contribution is -0.133. The number of benzene rings is 1. The molecule has 26 heavy (non-hydrogen) atoms. The normalized spacial score (nSPS) is 20.6. The minimum absolute atomic E-state index is 0.259. The average molecular weight is 384 g/mol. The standard InChI is InChI=1S/C20H21N3OS2/c24-19(23-10-7-17-14(12-23)8-11-25-17)13-22-9-3-5-16(22)20-21-15-4-1-2-6-18(15)26-20/h1-2,4,6,8,11,16H,3,5,7,9-10,12-13H2/t16-/m0/s1. The van der Waals surface area contributed by atoms with Gasteiger partial charge in [0.25, 0.3) is 0 Å². The maximum atomic E-state index is 12.9. The summed E-state index contributed by atoms with van der Waals surface area (Å²) in [5.41, 5.74) is 2.41. The first-order valence-electron chi connectivity index (χ1n) is 9.20. The molecule has 2 aliphatic rings. The van der Waals surface area contributed by atoms with E-state index < -0.39 is 0 Å². The van der Waals surface area contributed by atoms with E-state index in [1.165, 1.54) is 15.1 Å². The zero-order valence-electron chi connectivity index (χ0n) is 14.6. The summed E-state index contributed by atoms with van der Waals surface area (Å²) in [5.74, 6) is 0.259. The van der Waals surface area contributed by atoms with Crippen molar-refractivity contribution in [2.45, 2.75) is 31.8 Å². The molecule has 1 saturated heterocycles. The smallest absolute Gasteiger partial charge is 0.237 e. The van der Waals surface area contributed by atoms with Crippen molar-refractivity contribution < 1.29 is 4.79 Å². The van der Waals surface area contributed by atoms with Crippen LogP contribution in [-0.2, 0) is 17.8 Å². The molecule has 4 heterocycles. The first-order valence-corrected chi connectivity index (χ1v) is 10.9. The molecule has 1 amide bonds. The summed E-state index contributed by atoms with van der Waals surface area (Å²) in [6.45, 7) is 3.13. The van der Waals surface area contributed by atoms with Gasteiger partial charge in [0.15, 0.2) is 0 Å². The van der Waals surface area contributed by atoms with Crippen molar-refractivity contribution in [1.29, 1.82) is 0 Å². The molecule has 0 unspecified atom stereocenters. The number of para-hydroxylation sites is 1. The first-order chi connectivity index (χ1) is 12.8. The number of thiazole rings is 1. The number of hydrogen-bond acceptors (Lipinski definition) is 5. The van der Waals surface area contributed by atoms with Crippen molar-refractivity contribution in [2.24, 2.45) is 0 Å². The fourth-order valence-electron chi connectivity index (χ4n) is 4.06. The number of aromatic nitrogens is 1. The van der Waals surface area contributed by atoms with Gasteiger partial charge in [0.2, 0.25) is 5.91 Å². The Bertz CT molecular complexity index is 914. The second-order valence-corrected chi connectivity index (χ2v) is 9.15. The van der Waals surface area contributed by atoms with Gasteiger partial charge in [0.05, 0.1) is 22.8 Å². The number of likely N-dealkylation sites (tertiary alicyclic amines) is 1. The third kappa shape index (κ3) is 2.96. The molecule has 0 bridgehead atoms. The molecule has 0 aliphatic carbocycles. The number of thiophene rings is 1. The molecule has 0 radical (unpaired) electrons. The van der Waals surface area contributed by atoms with E-state index in [2.05, 4.69) is 34.5 Å². The van der Waals surface area contributed by atoms with E-state index in [-0.39, 0.29) is 11.9 Å². The molecule has 0 N–H and O–H groups in total. The lowest BCUT2D eigenvalue weighted by Gasteiger charge is -2.30. The van der Waals surface area contributed by atoms with Gasteiger partial charge in [0, 0.05) is 18.0 Å². The Hall–Kier alpha value is -1.76. The minimum atomic E-state index is 0.259. The van der Waals surface area contributed by atoms with Crippen molar-refractivity contribution in [3.63, 3.8) is 0 Å². The topological polar surface area (TPSA) is 36.4 Å². The van der Waals surface area contributed by atoms with E-state index in [9.17, 15) is 4.79 Å². The fourth-order valence-corrected chi connectivity index (χ4v) is 6.09. The molecule has 6 heteroatoms. The highest BCUT2D eigenvalue weighted by Crippen LogP contribution is 2.36. The summed E-state index contributed by atoms with van der Waals surface area (Å²) < 4.78 is 1.24. The Morgan fingerprint density at radius 2 is 2.15 bits per heavy atom. The van der Waals surface area contributed by atoms with Crippen LogP contribution in [0.5, 0.6) is 0 Å². The van der Waals surface area contributed by atoms with Gasteiger partial charge < -0.3 is 4.90 Å². The Morgan fingerprint density at radius 3 is 3.08 bits per heavy atom. The highest BCUT2D eigenvalue weighted by molar-refractivity contribution is 7.18. The van der Waals surface area contributed by atoms with E-state index in [1.807, 2.05) is 22.3 Å². The van der Waals surface area contributed by atoms with Gasteiger partial charge in [-0.3, -0.25) is 9.69 Å². The van der Waals surface area contributed by atoms with Crippen LogP contribution in [0.3, 0.4) is 0 Å². The number of rotatable bonds is 3. The molecular formula is C20H21N3OS2. The quantitative estimate of drug-likeness (QED) is 0.684. The molecule has 1 atom stereocenters. The van der Waals surface area contributed by atoms with E-state index in [0.717, 1.165) is 49.4 Å². The second-order valence-electron chi connectivity index (χ2n) is 7.08. The minimum Gasteiger partial charge on any atom is -0.337 e. The van der Waals surface area contributed by atoms with Crippen LogP contribution < -0.4 is 0 Å². The number of fused-ring (bicyclic) bond motifs is 2. The highest BCUT2D eigenvalue weighted by Gasteiger charge is 2.32. The summed E-state index contributed by atoms with van der Waals surface area (Å²) in [6.07, 6.45) is 3.24. The van der Waals surface area contributed by atoms with E-state index >= 15 is 0 Å². The molecule has 5 rings (SSSR count). The third-order valence-corrected chi connectivity index (χ3v) is 7.62. The molecule has 4 nitrogen and oxygen atoms in total. The molecule has 0 saturated carbocycles. The van der Waals surface area contributed by atoms with Crippen LogP contribution >= 0.6 is 22.7 Å². The van der Waals surface area contributed by atoms with E-state index in [1.54, 1.807) is 11.3 Å². The van der Waals surface area contributed by atoms with Crippen LogP contribution in [0.15, 0.2) is 35.7 Å². The van der Waals surface area contributed by atoms with Gasteiger partial charge in [-0.15, -0.1) is 22.7 Å². The zero-order chi connectivity index (χ0) is 17.5. The van der Waals surface area contributed by atoms with Gasteiger partial charge in [-0.1, -0.05) is 12.1 Å². The first kappa shape index (κ1) is 16.4. The summed E-state index contributed by atoms with van der Waals surface area (Å²) >= 11 is 3.59. The number of amides is 1. The Morgan fingerprint density at radius 1 is 1.23 bits per heavy atom. The number of hydrogen-bond donors (Lipinski definition) is 0. The Balaban J connectivity index is 1.31. The second kappa shape index (κ2) is 6.76. The van der Waals surface area contributed by atoms with Crippen molar-refractivity contribution in [1.82, 2.24) is 14.8 Å². The van der Waals surface area contributed by atoms with Crippen LogP contribution in [-0.4, -0.2) is 40.3 Å². The van der Waals surface area contributed by atoms with Gasteiger partial charge in [-0.25, -0.2) is 4.98 Å². The van der Waals surface area contributed by atoms with E-state index in [0.29, 0.717) is 6.54 Å². The molecule has 1 aromatic carbocycles. The fraction of sp³-hybridized carbons (Fsp3) is 0.400. The SMILES string of the molecule is O=C(CN1CCC[C@H]1c1nc2ccccc2s1)N1CCc2sccc2C1. The van der Waals surface area contributed by atoms with Crippen molar-refractivity contribution >= 4 is 38.8 Å². The van der Waals surface area contributed by atoms with Crippen molar-refractivity contribution in [2.75, 3.05) is 19.6 Å². The third-order valence-electron chi connectivity index (χ3n) is 5.46. The average Bonchev–Trinajstić information content (AvgIpc) is 3.39. The number of nitrogens with zero attached hydrogens (tertiary/aromatic N) is 3. The highest BCUT2D eigenvalue weighted by atomic mass is 32.1. The summed E-state index contributed by atoms with van der Waals surface area (Å²) in [4.78, 5) is 23.6. The van der Waals surface area contributed by atoms with Crippen molar-refractivity contribution in [3.8, 4) is 0 Å². The number of carbonyl (C=O) groups is 1. The van der Waals surface area contributed by atoms with Gasteiger partial charge in [-0.05, 0) is 54.9 Å². The predicted molar refractivity (Wildman–Crippen MR) is 107 cm³/mol. The van der Waals surface area contributed by atoms with Gasteiger partial charge in [0.1, 0.15) is 5.01 Å². The molecule has 3 aromatic rings. The lowest BCUT2D eigenvalue weighted by atomic mass is 10.1. The van der Waals surface area contributed by atoms with Gasteiger partial charge >= 0.3 is 0 Å². The lowest BCUT2D eigenvalue weighted by Crippen LogP contribution is -2.42. The predicted octanol–water partition coefficient (Wildman–Crippen LogP) is 4.08. The van der Waals surface area contributed by atoms with Crippen LogP contribution in [0.25, 0.3) is 10.2 Å². The van der Waals surface area contributed by atoms with Crippen LogP contribution in [0.2, 0.25) is 0 Å². The number of carbonyl (C=O) groups excluding carboxylic acids is 1. The van der Waals surface area contributed by atoms with Gasteiger partial charge in [-0.2, -0.15) is 0 Å². The zero-order valence-corrected chi connectivity index (χ0v) is 16.2. The maximum Gasteiger partial charge on any atom is 0.237 e.